The zero-order valence-corrected chi connectivity index (χ0v) is 15.3. The lowest BCUT2D eigenvalue weighted by Gasteiger charge is -2.28. The lowest BCUT2D eigenvalue weighted by Crippen LogP contribution is -2.13. The van der Waals surface area contributed by atoms with Crippen LogP contribution in [0.1, 0.15) is 56.9 Å². The van der Waals surface area contributed by atoms with Gasteiger partial charge >= 0.3 is 0 Å². The van der Waals surface area contributed by atoms with Gasteiger partial charge in [-0.2, -0.15) is 4.98 Å². The number of aromatic nitrogens is 3. The Hall–Kier alpha value is -2.49. The Balaban J connectivity index is 1.45. The highest BCUT2D eigenvalue weighted by molar-refractivity contribution is 5.57. The van der Waals surface area contributed by atoms with E-state index in [1.165, 1.54) is 44.1 Å². The summed E-state index contributed by atoms with van der Waals surface area (Å²) in [5.41, 5.74) is 3.12. The topological polar surface area (TPSA) is 51.8 Å². The van der Waals surface area contributed by atoms with Gasteiger partial charge in [-0.05, 0) is 67.3 Å². The van der Waals surface area contributed by atoms with E-state index in [2.05, 4.69) is 46.3 Å². The SMILES string of the molecule is CCCC1CCC(c2ccc(-c3nc(-c4ccccn4)no3)cc2)CC1. The van der Waals surface area contributed by atoms with Crippen molar-refractivity contribution in [2.75, 3.05) is 0 Å². The number of pyridine rings is 1. The van der Waals surface area contributed by atoms with E-state index in [0.29, 0.717) is 17.6 Å². The van der Waals surface area contributed by atoms with Crippen LogP contribution in [0.2, 0.25) is 0 Å². The lowest BCUT2D eigenvalue weighted by atomic mass is 9.77. The standard InChI is InChI=1S/C22H25N3O/c1-2-5-16-7-9-17(10-8-16)18-11-13-19(14-12-18)22-24-21(25-26-22)20-6-3-4-15-23-20/h3-4,6,11-17H,2,5,7-10H2,1H3. The molecule has 0 bridgehead atoms. The third-order valence-electron chi connectivity index (χ3n) is 5.49. The maximum Gasteiger partial charge on any atom is 0.258 e. The third kappa shape index (κ3) is 3.69. The molecule has 0 radical (unpaired) electrons. The highest BCUT2D eigenvalue weighted by Crippen LogP contribution is 2.37. The molecule has 0 saturated heterocycles. The van der Waals surface area contributed by atoms with Crippen LogP contribution < -0.4 is 0 Å². The van der Waals surface area contributed by atoms with Gasteiger partial charge in [-0.3, -0.25) is 4.98 Å². The van der Waals surface area contributed by atoms with Crippen LogP contribution in [0.15, 0.2) is 53.2 Å². The van der Waals surface area contributed by atoms with Crippen LogP contribution >= 0.6 is 0 Å². The van der Waals surface area contributed by atoms with E-state index >= 15 is 0 Å². The highest BCUT2D eigenvalue weighted by Gasteiger charge is 2.22. The Morgan fingerprint density at radius 2 is 1.81 bits per heavy atom. The van der Waals surface area contributed by atoms with Gasteiger partial charge in [-0.15, -0.1) is 0 Å². The molecule has 2 heterocycles. The summed E-state index contributed by atoms with van der Waals surface area (Å²) >= 11 is 0. The Bertz CT molecular complexity index is 818. The first-order valence-corrected chi connectivity index (χ1v) is 9.69. The zero-order valence-electron chi connectivity index (χ0n) is 15.3. The third-order valence-corrected chi connectivity index (χ3v) is 5.49. The van der Waals surface area contributed by atoms with Crippen molar-refractivity contribution in [2.45, 2.75) is 51.4 Å². The fourth-order valence-electron chi connectivity index (χ4n) is 4.03. The number of rotatable bonds is 5. The fourth-order valence-corrected chi connectivity index (χ4v) is 4.03. The predicted octanol–water partition coefficient (Wildman–Crippen LogP) is 5.87. The number of nitrogens with zero attached hydrogens (tertiary/aromatic N) is 3. The van der Waals surface area contributed by atoms with Crippen LogP contribution in [0.5, 0.6) is 0 Å². The van der Waals surface area contributed by atoms with E-state index in [0.717, 1.165) is 17.2 Å². The van der Waals surface area contributed by atoms with E-state index in [9.17, 15) is 0 Å². The first-order chi connectivity index (χ1) is 12.8. The molecule has 3 aromatic rings. The molecule has 26 heavy (non-hydrogen) atoms. The molecule has 4 rings (SSSR count). The monoisotopic (exact) mass is 347 g/mol. The van der Waals surface area contributed by atoms with Gasteiger partial charge in [-0.1, -0.05) is 43.1 Å². The largest absolute Gasteiger partial charge is 0.334 e. The number of hydrogen-bond donors (Lipinski definition) is 0. The van der Waals surface area contributed by atoms with Crippen LogP contribution in [0.4, 0.5) is 0 Å². The summed E-state index contributed by atoms with van der Waals surface area (Å²) in [4.78, 5) is 8.75. The van der Waals surface area contributed by atoms with E-state index in [1.54, 1.807) is 6.20 Å². The minimum Gasteiger partial charge on any atom is -0.334 e. The number of hydrogen-bond acceptors (Lipinski definition) is 4. The lowest BCUT2D eigenvalue weighted by molar-refractivity contribution is 0.308. The van der Waals surface area contributed by atoms with Crippen LogP contribution in [0.25, 0.3) is 23.0 Å². The molecule has 1 aliphatic rings. The van der Waals surface area contributed by atoms with Gasteiger partial charge in [0.25, 0.3) is 5.89 Å². The van der Waals surface area contributed by atoms with E-state index in [-0.39, 0.29) is 0 Å². The molecule has 1 saturated carbocycles. The second kappa shape index (κ2) is 7.81. The highest BCUT2D eigenvalue weighted by atomic mass is 16.5. The van der Waals surface area contributed by atoms with Gasteiger partial charge < -0.3 is 4.52 Å². The molecule has 1 aliphatic carbocycles. The van der Waals surface area contributed by atoms with E-state index in [4.69, 9.17) is 4.52 Å². The summed E-state index contributed by atoms with van der Waals surface area (Å²) in [6, 6.07) is 14.3. The first-order valence-electron chi connectivity index (χ1n) is 9.69. The van der Waals surface area contributed by atoms with Gasteiger partial charge in [-0.25, -0.2) is 0 Å². The summed E-state index contributed by atoms with van der Waals surface area (Å²) < 4.78 is 5.43. The second-order valence-electron chi connectivity index (χ2n) is 7.27. The summed E-state index contributed by atoms with van der Waals surface area (Å²) in [5, 5.41) is 4.05. The van der Waals surface area contributed by atoms with Gasteiger partial charge in [0.1, 0.15) is 5.69 Å². The Labute approximate surface area is 154 Å². The minimum absolute atomic E-state index is 0.527. The van der Waals surface area contributed by atoms with Crippen molar-refractivity contribution in [1.82, 2.24) is 15.1 Å². The zero-order chi connectivity index (χ0) is 17.8. The average molecular weight is 347 g/mol. The molecule has 1 fully saturated rings. The minimum atomic E-state index is 0.527. The summed E-state index contributed by atoms with van der Waals surface area (Å²) in [5.74, 6) is 2.71. The maximum absolute atomic E-state index is 5.43. The molecule has 0 amide bonds. The van der Waals surface area contributed by atoms with E-state index < -0.39 is 0 Å². The molecule has 0 atom stereocenters. The molecule has 0 N–H and O–H groups in total. The maximum atomic E-state index is 5.43. The van der Waals surface area contributed by atoms with Gasteiger partial charge in [0.15, 0.2) is 0 Å². The average Bonchev–Trinajstić information content (AvgIpc) is 3.20. The van der Waals surface area contributed by atoms with Crippen molar-refractivity contribution >= 4 is 0 Å². The molecule has 4 heteroatoms. The normalized spacial score (nSPS) is 20.2. The van der Waals surface area contributed by atoms with Crippen LogP contribution in [0.3, 0.4) is 0 Å². The predicted molar refractivity (Wildman–Crippen MR) is 103 cm³/mol. The first kappa shape index (κ1) is 17.0. The summed E-state index contributed by atoms with van der Waals surface area (Å²) in [6.07, 6.45) is 9.81. The quantitative estimate of drug-likeness (QED) is 0.579. The molecular formula is C22H25N3O. The van der Waals surface area contributed by atoms with Gasteiger partial charge in [0.05, 0.1) is 0 Å². The van der Waals surface area contributed by atoms with Crippen LogP contribution in [-0.4, -0.2) is 15.1 Å². The van der Waals surface area contributed by atoms with Crippen molar-refractivity contribution in [3.63, 3.8) is 0 Å². The molecular weight excluding hydrogens is 322 g/mol. The van der Waals surface area contributed by atoms with Crippen molar-refractivity contribution in [3.8, 4) is 23.0 Å². The van der Waals surface area contributed by atoms with Crippen molar-refractivity contribution < 1.29 is 4.52 Å². The molecule has 1 aromatic carbocycles. The second-order valence-corrected chi connectivity index (χ2v) is 7.27. The van der Waals surface area contributed by atoms with Crippen molar-refractivity contribution in [2.24, 2.45) is 5.92 Å². The summed E-state index contributed by atoms with van der Waals surface area (Å²) in [7, 11) is 0. The van der Waals surface area contributed by atoms with Crippen LogP contribution in [-0.2, 0) is 0 Å². The molecule has 0 unspecified atom stereocenters. The molecule has 2 aromatic heterocycles. The Morgan fingerprint density at radius 1 is 1.00 bits per heavy atom. The molecule has 0 aliphatic heterocycles. The number of benzene rings is 1. The van der Waals surface area contributed by atoms with E-state index in [1.807, 2.05) is 18.2 Å². The summed E-state index contributed by atoms with van der Waals surface area (Å²) in [6.45, 7) is 2.29. The van der Waals surface area contributed by atoms with Crippen LogP contribution in [0, 0.1) is 5.92 Å². The molecule has 4 nitrogen and oxygen atoms in total. The van der Waals surface area contributed by atoms with Gasteiger partial charge in [0.2, 0.25) is 5.82 Å². The Kier molecular flexibility index (Phi) is 5.09. The van der Waals surface area contributed by atoms with Crippen molar-refractivity contribution in [1.29, 1.82) is 0 Å². The smallest absolute Gasteiger partial charge is 0.258 e. The van der Waals surface area contributed by atoms with Crippen molar-refractivity contribution in [3.05, 3.63) is 54.2 Å². The molecule has 134 valence electrons. The Morgan fingerprint density at radius 3 is 2.50 bits per heavy atom. The van der Waals surface area contributed by atoms with Gasteiger partial charge in [0, 0.05) is 11.8 Å². The fraction of sp³-hybridized carbons (Fsp3) is 0.409. The molecule has 0 spiro atoms.